The molecule has 1 amide bonds. The van der Waals surface area contributed by atoms with E-state index in [1.165, 1.54) is 61.7 Å². The van der Waals surface area contributed by atoms with Crippen molar-refractivity contribution in [3.05, 3.63) is 75.6 Å². The van der Waals surface area contributed by atoms with Crippen molar-refractivity contribution in [2.45, 2.75) is 4.21 Å². The number of benzene rings is 2. The summed E-state index contributed by atoms with van der Waals surface area (Å²) in [5.74, 6) is -3.10. The van der Waals surface area contributed by atoms with Gasteiger partial charge in [0, 0.05) is 5.69 Å². The van der Waals surface area contributed by atoms with Crippen molar-refractivity contribution in [2.24, 2.45) is 0 Å². The first-order chi connectivity index (χ1) is 17.5. The molecule has 1 aromatic heterocycles. The van der Waals surface area contributed by atoms with E-state index in [0.29, 0.717) is 4.34 Å². The first kappa shape index (κ1) is 27.6. The lowest BCUT2D eigenvalue weighted by molar-refractivity contribution is -0.119. The topological polar surface area (TPSA) is 154 Å². The maximum absolute atomic E-state index is 12.4. The summed E-state index contributed by atoms with van der Waals surface area (Å²) in [5, 5.41) is 2.39. The second-order valence-corrected chi connectivity index (χ2v) is 10.7. The van der Waals surface area contributed by atoms with Crippen LogP contribution in [0.1, 0.15) is 31.1 Å². The molecule has 0 aliphatic rings. The number of thiophene rings is 1. The van der Waals surface area contributed by atoms with Crippen LogP contribution in [-0.4, -0.2) is 53.1 Å². The van der Waals surface area contributed by atoms with Crippen LogP contribution in [0.2, 0.25) is 4.34 Å². The lowest BCUT2D eigenvalue weighted by atomic mass is 10.1. The minimum atomic E-state index is -3.85. The van der Waals surface area contributed by atoms with Crippen LogP contribution in [0.4, 0.5) is 11.4 Å². The maximum atomic E-state index is 12.4. The zero-order valence-electron chi connectivity index (χ0n) is 19.3. The predicted octanol–water partition coefficient (Wildman–Crippen LogP) is 3.57. The third-order valence-corrected chi connectivity index (χ3v) is 7.74. The van der Waals surface area contributed by atoms with Crippen molar-refractivity contribution in [3.8, 4) is 0 Å². The lowest BCUT2D eigenvalue weighted by Crippen LogP contribution is -2.22. The number of methoxy groups -OCH3 is 2. The van der Waals surface area contributed by atoms with Crippen molar-refractivity contribution >= 4 is 68.2 Å². The van der Waals surface area contributed by atoms with Gasteiger partial charge in [-0.25, -0.2) is 22.8 Å². The van der Waals surface area contributed by atoms with Gasteiger partial charge in [-0.2, -0.15) is 0 Å². The first-order valence-electron chi connectivity index (χ1n) is 10.2. The highest BCUT2D eigenvalue weighted by molar-refractivity contribution is 7.94. The number of halogens is 1. The molecule has 14 heteroatoms. The number of hydrogen-bond acceptors (Lipinski definition) is 10. The highest BCUT2D eigenvalue weighted by atomic mass is 35.5. The van der Waals surface area contributed by atoms with E-state index in [-0.39, 0.29) is 32.3 Å². The third-order valence-electron chi connectivity index (χ3n) is 4.64. The smallest absolute Gasteiger partial charge is 0.339 e. The summed E-state index contributed by atoms with van der Waals surface area (Å²) in [6, 6.07) is 12.0. The molecule has 0 aliphatic carbocycles. The van der Waals surface area contributed by atoms with E-state index >= 15 is 0 Å². The fourth-order valence-electron chi connectivity index (χ4n) is 2.90. The molecule has 0 radical (unpaired) electrons. The van der Waals surface area contributed by atoms with Crippen molar-refractivity contribution < 1.29 is 41.8 Å². The van der Waals surface area contributed by atoms with Crippen LogP contribution in [0.5, 0.6) is 0 Å². The average molecular weight is 567 g/mol. The SMILES string of the molecule is COC(=O)c1ccc(C(=O)OC)c(NC(=O)COC(=O)c2ccc(NS(=O)(=O)c3ccc(Cl)s3)cc2)c1. The van der Waals surface area contributed by atoms with E-state index in [1.54, 1.807) is 0 Å². The number of rotatable bonds is 9. The van der Waals surface area contributed by atoms with E-state index in [0.717, 1.165) is 18.4 Å². The molecule has 3 rings (SSSR count). The molecule has 1 heterocycles. The summed E-state index contributed by atoms with van der Waals surface area (Å²) in [6.07, 6.45) is 0. The Morgan fingerprint density at radius 2 is 1.51 bits per heavy atom. The highest BCUT2D eigenvalue weighted by Crippen LogP contribution is 2.27. The summed E-state index contributed by atoms with van der Waals surface area (Å²) in [5.41, 5.74) is 0.245. The monoisotopic (exact) mass is 566 g/mol. The molecule has 0 atom stereocenters. The standard InChI is InChI=1S/C23H19ClN2O9S2/c1-33-21(28)14-5-8-16(23(30)34-2)17(11-14)25-19(27)12-35-22(29)13-3-6-15(7-4-13)26-37(31,32)20-10-9-18(24)36-20/h3-11,26H,12H2,1-2H3,(H,25,27). The zero-order valence-corrected chi connectivity index (χ0v) is 21.7. The van der Waals surface area contributed by atoms with Crippen LogP contribution in [-0.2, 0) is 29.0 Å². The van der Waals surface area contributed by atoms with Crippen molar-refractivity contribution in [3.63, 3.8) is 0 Å². The molecule has 194 valence electrons. The van der Waals surface area contributed by atoms with Crippen LogP contribution < -0.4 is 10.0 Å². The fourth-order valence-corrected chi connectivity index (χ4v) is 5.44. The Morgan fingerprint density at radius 3 is 2.11 bits per heavy atom. The summed E-state index contributed by atoms with van der Waals surface area (Å²) in [7, 11) is -1.52. The Hall–Kier alpha value is -3.94. The van der Waals surface area contributed by atoms with Gasteiger partial charge in [0.1, 0.15) is 4.21 Å². The summed E-state index contributed by atoms with van der Waals surface area (Å²) in [4.78, 5) is 48.5. The van der Waals surface area contributed by atoms with Crippen LogP contribution >= 0.6 is 22.9 Å². The van der Waals surface area contributed by atoms with E-state index in [9.17, 15) is 27.6 Å². The highest BCUT2D eigenvalue weighted by Gasteiger charge is 2.19. The number of carbonyl (C=O) groups is 4. The van der Waals surface area contributed by atoms with Gasteiger partial charge in [0.15, 0.2) is 6.61 Å². The van der Waals surface area contributed by atoms with Crippen LogP contribution in [0.3, 0.4) is 0 Å². The second-order valence-electron chi connectivity index (χ2n) is 7.11. The molecular formula is C23H19ClN2O9S2. The van der Waals surface area contributed by atoms with Gasteiger partial charge < -0.3 is 19.5 Å². The number of anilines is 2. The molecule has 0 saturated carbocycles. The Bertz CT molecular complexity index is 1450. The third kappa shape index (κ3) is 7.06. The molecule has 0 spiro atoms. The van der Waals surface area contributed by atoms with Gasteiger partial charge in [0.2, 0.25) is 0 Å². The predicted molar refractivity (Wildman–Crippen MR) is 135 cm³/mol. The van der Waals surface area contributed by atoms with Gasteiger partial charge in [0.05, 0.1) is 40.9 Å². The first-order valence-corrected chi connectivity index (χ1v) is 12.9. The molecule has 0 unspecified atom stereocenters. The number of carbonyl (C=O) groups excluding carboxylic acids is 4. The normalized spacial score (nSPS) is 10.8. The number of esters is 3. The molecule has 11 nitrogen and oxygen atoms in total. The van der Waals surface area contributed by atoms with E-state index in [4.69, 9.17) is 16.3 Å². The molecule has 0 fully saturated rings. The van der Waals surface area contributed by atoms with Crippen molar-refractivity contribution in [2.75, 3.05) is 30.9 Å². The van der Waals surface area contributed by atoms with E-state index in [1.807, 2.05) is 0 Å². The van der Waals surface area contributed by atoms with E-state index in [2.05, 4.69) is 19.5 Å². The zero-order chi connectivity index (χ0) is 27.2. The minimum Gasteiger partial charge on any atom is -0.465 e. The molecule has 0 aliphatic heterocycles. The van der Waals surface area contributed by atoms with Crippen molar-refractivity contribution in [1.29, 1.82) is 0 Å². The molecule has 2 N–H and O–H groups in total. The number of ether oxygens (including phenoxy) is 3. The molecule has 37 heavy (non-hydrogen) atoms. The Labute approximate surface area is 220 Å². The Morgan fingerprint density at radius 1 is 0.865 bits per heavy atom. The van der Waals surface area contributed by atoms with Gasteiger partial charge >= 0.3 is 17.9 Å². The molecule has 3 aromatic rings. The molecular weight excluding hydrogens is 548 g/mol. The van der Waals surface area contributed by atoms with Gasteiger partial charge in [0.25, 0.3) is 15.9 Å². The largest absolute Gasteiger partial charge is 0.465 e. The number of sulfonamides is 1. The van der Waals surface area contributed by atoms with Gasteiger partial charge in [-0.3, -0.25) is 9.52 Å². The van der Waals surface area contributed by atoms with Crippen LogP contribution in [0.25, 0.3) is 0 Å². The van der Waals surface area contributed by atoms with Gasteiger partial charge in [-0.15, -0.1) is 11.3 Å². The Balaban J connectivity index is 1.63. The van der Waals surface area contributed by atoms with Crippen molar-refractivity contribution in [1.82, 2.24) is 0 Å². The summed E-state index contributed by atoms with van der Waals surface area (Å²) >= 11 is 6.68. The second kappa shape index (κ2) is 11.9. The summed E-state index contributed by atoms with van der Waals surface area (Å²) in [6.45, 7) is -0.713. The minimum absolute atomic E-state index is 0.0273. The van der Waals surface area contributed by atoms with Crippen LogP contribution in [0, 0.1) is 0 Å². The Kier molecular flexibility index (Phi) is 8.86. The lowest BCUT2D eigenvalue weighted by Gasteiger charge is -2.12. The summed E-state index contributed by atoms with van der Waals surface area (Å²) < 4.78 is 41.7. The fraction of sp³-hybridized carbons (Fsp3) is 0.130. The van der Waals surface area contributed by atoms with Gasteiger partial charge in [-0.1, -0.05) is 11.6 Å². The van der Waals surface area contributed by atoms with E-state index < -0.39 is 40.4 Å². The molecule has 0 bridgehead atoms. The van der Waals surface area contributed by atoms with Gasteiger partial charge in [-0.05, 0) is 54.6 Å². The quantitative estimate of drug-likeness (QED) is 0.292. The maximum Gasteiger partial charge on any atom is 0.339 e. The molecule has 0 saturated heterocycles. The van der Waals surface area contributed by atoms with Crippen LogP contribution in [0.15, 0.2) is 58.8 Å². The number of hydrogen-bond donors (Lipinski definition) is 2. The number of nitrogens with one attached hydrogen (secondary N) is 2. The molecule has 2 aromatic carbocycles. The number of amides is 1. The average Bonchev–Trinajstić information content (AvgIpc) is 3.34.